The van der Waals surface area contributed by atoms with Crippen molar-refractivity contribution in [2.24, 2.45) is 0 Å². The van der Waals surface area contributed by atoms with Crippen molar-refractivity contribution in [2.45, 2.75) is 218 Å². The third-order valence-electron chi connectivity index (χ3n) is 10.7. The van der Waals surface area contributed by atoms with Crippen molar-refractivity contribution in [3.63, 3.8) is 0 Å². The Labute approximate surface area is 343 Å². The standard InChI is InChI=1S/2C24H40O2.Mg/c2*1-2-3-17-22(23-19-14-12-15-20-23)18-13-10-8-6-4-5-7-9-11-16-21-24(25)26;/h2*12,14-15,19-20,22H,2-11,13,16-18,21H2,1H3,(H,25,26);/q;;+2/p-2. The minimum absolute atomic E-state index is 0. The number of carboxylic acids is 2. The van der Waals surface area contributed by atoms with Crippen LogP contribution >= 0.6 is 0 Å². The molecule has 0 aliphatic rings. The molecule has 0 heterocycles. The third-order valence-corrected chi connectivity index (χ3v) is 10.7. The molecule has 2 aromatic rings. The van der Waals surface area contributed by atoms with Gasteiger partial charge in [0.2, 0.25) is 0 Å². The number of carboxylic acid groups (broad SMARTS) is 2. The van der Waals surface area contributed by atoms with Gasteiger partial charge >= 0.3 is 23.1 Å². The summed E-state index contributed by atoms with van der Waals surface area (Å²) in [5.74, 6) is -0.322. The number of benzene rings is 2. The van der Waals surface area contributed by atoms with Crippen molar-refractivity contribution in [2.75, 3.05) is 0 Å². The van der Waals surface area contributed by atoms with Crippen LogP contribution in [0.4, 0.5) is 0 Å². The summed E-state index contributed by atoms with van der Waals surface area (Å²) < 4.78 is 0. The van der Waals surface area contributed by atoms with Gasteiger partial charge in [-0.25, -0.2) is 0 Å². The average Bonchev–Trinajstić information content (AvgIpc) is 3.15. The van der Waals surface area contributed by atoms with Gasteiger partial charge in [-0.1, -0.05) is 216 Å². The maximum atomic E-state index is 10.3. The normalized spacial score (nSPS) is 12.0. The quantitative estimate of drug-likeness (QED) is 0.0528. The molecular weight excluding hydrogens is 665 g/mol. The van der Waals surface area contributed by atoms with Crippen molar-refractivity contribution >= 4 is 35.0 Å². The Balaban J connectivity index is 0.00000100. The Hall–Kier alpha value is -1.85. The van der Waals surface area contributed by atoms with E-state index in [-0.39, 0.29) is 35.9 Å². The monoisotopic (exact) mass is 743 g/mol. The minimum atomic E-state index is -0.908. The number of rotatable bonds is 34. The zero-order valence-corrected chi connectivity index (χ0v) is 35.9. The second-order valence-corrected chi connectivity index (χ2v) is 15.4. The first kappa shape index (κ1) is 51.1. The van der Waals surface area contributed by atoms with Crippen LogP contribution in [0.5, 0.6) is 0 Å². The van der Waals surface area contributed by atoms with Crippen molar-refractivity contribution in [1.82, 2.24) is 0 Å². The smallest absolute Gasteiger partial charge is 0.550 e. The van der Waals surface area contributed by atoms with Crippen LogP contribution in [0.15, 0.2) is 60.7 Å². The first-order valence-corrected chi connectivity index (χ1v) is 22.0. The van der Waals surface area contributed by atoms with Crippen LogP contribution in [0.25, 0.3) is 0 Å². The average molecular weight is 743 g/mol. The Morgan fingerprint density at radius 1 is 0.396 bits per heavy atom. The Morgan fingerprint density at radius 2 is 0.642 bits per heavy atom. The molecule has 0 radical (unpaired) electrons. The zero-order valence-electron chi connectivity index (χ0n) is 34.5. The van der Waals surface area contributed by atoms with Gasteiger partial charge in [0, 0.05) is 11.9 Å². The molecule has 0 spiro atoms. The summed E-state index contributed by atoms with van der Waals surface area (Å²) in [5.41, 5.74) is 3.05. The second-order valence-electron chi connectivity index (χ2n) is 15.4. The number of aliphatic carboxylic acids is 2. The molecule has 0 bridgehead atoms. The first-order chi connectivity index (χ1) is 25.5. The molecule has 2 aromatic carbocycles. The van der Waals surface area contributed by atoms with Gasteiger partial charge in [0.15, 0.2) is 0 Å². The molecular formula is C48H78MgO4. The first-order valence-electron chi connectivity index (χ1n) is 22.0. The van der Waals surface area contributed by atoms with Crippen LogP contribution in [0.2, 0.25) is 0 Å². The van der Waals surface area contributed by atoms with Gasteiger partial charge in [-0.2, -0.15) is 0 Å². The molecule has 2 atom stereocenters. The molecule has 2 unspecified atom stereocenters. The van der Waals surface area contributed by atoms with Gasteiger partial charge in [0.1, 0.15) is 0 Å². The zero-order chi connectivity index (χ0) is 37.7. The molecule has 2 rings (SSSR count). The molecule has 296 valence electrons. The Bertz CT molecular complexity index is 974. The van der Waals surface area contributed by atoms with E-state index < -0.39 is 11.9 Å². The second kappa shape index (κ2) is 38.4. The van der Waals surface area contributed by atoms with Crippen molar-refractivity contribution < 1.29 is 19.8 Å². The molecule has 0 saturated carbocycles. The topological polar surface area (TPSA) is 80.3 Å². The summed E-state index contributed by atoms with van der Waals surface area (Å²) in [4.78, 5) is 20.6. The molecule has 53 heavy (non-hydrogen) atoms. The molecule has 0 fully saturated rings. The van der Waals surface area contributed by atoms with Crippen LogP contribution in [0.1, 0.15) is 229 Å². The van der Waals surface area contributed by atoms with Crippen LogP contribution in [-0.2, 0) is 9.59 Å². The van der Waals surface area contributed by atoms with E-state index in [1.807, 2.05) is 0 Å². The molecule has 5 heteroatoms. The molecule has 0 aliphatic heterocycles. The van der Waals surface area contributed by atoms with E-state index in [2.05, 4.69) is 74.5 Å². The van der Waals surface area contributed by atoms with Crippen molar-refractivity contribution in [3.8, 4) is 0 Å². The van der Waals surface area contributed by atoms with Crippen LogP contribution < -0.4 is 10.2 Å². The SMILES string of the molecule is CCCCC(CCCCCCCCCCCCC(=O)[O-])c1ccccc1.CCCCC(CCCCCCCCCCCCC(=O)[O-])c1ccccc1.[Mg+2]. The molecule has 0 aromatic heterocycles. The van der Waals surface area contributed by atoms with E-state index in [9.17, 15) is 19.8 Å². The minimum Gasteiger partial charge on any atom is -0.550 e. The molecule has 0 amide bonds. The van der Waals surface area contributed by atoms with E-state index in [0.29, 0.717) is 0 Å². The third kappa shape index (κ3) is 32.1. The van der Waals surface area contributed by atoms with Gasteiger partial charge in [0.25, 0.3) is 0 Å². The van der Waals surface area contributed by atoms with Gasteiger partial charge in [-0.05, 0) is 74.3 Å². The van der Waals surface area contributed by atoms with E-state index >= 15 is 0 Å². The maximum absolute atomic E-state index is 10.3. The number of carbonyl (C=O) groups excluding carboxylic acids is 2. The molecule has 0 N–H and O–H groups in total. The number of hydrogen-bond donors (Lipinski definition) is 0. The Kier molecular flexibility index (Phi) is 37.1. The Morgan fingerprint density at radius 3 is 0.906 bits per heavy atom. The largest absolute Gasteiger partial charge is 2.00 e. The predicted molar refractivity (Wildman–Crippen MR) is 224 cm³/mol. The van der Waals surface area contributed by atoms with Gasteiger partial charge in [-0.15, -0.1) is 0 Å². The van der Waals surface area contributed by atoms with Gasteiger partial charge in [-0.3, -0.25) is 0 Å². The fourth-order valence-corrected chi connectivity index (χ4v) is 7.46. The summed E-state index contributed by atoms with van der Waals surface area (Å²) in [5, 5.41) is 20.6. The summed E-state index contributed by atoms with van der Waals surface area (Å²) in [7, 11) is 0. The van der Waals surface area contributed by atoms with Gasteiger partial charge < -0.3 is 19.8 Å². The van der Waals surface area contributed by atoms with E-state index in [4.69, 9.17) is 0 Å². The van der Waals surface area contributed by atoms with E-state index in [0.717, 1.165) is 37.5 Å². The molecule has 0 aliphatic carbocycles. The van der Waals surface area contributed by atoms with E-state index in [1.54, 1.807) is 0 Å². The number of hydrogen-bond acceptors (Lipinski definition) is 4. The van der Waals surface area contributed by atoms with Crippen molar-refractivity contribution in [1.29, 1.82) is 0 Å². The van der Waals surface area contributed by atoms with Crippen LogP contribution in [0, 0.1) is 0 Å². The number of unbranched alkanes of at least 4 members (excludes halogenated alkanes) is 20. The summed E-state index contributed by atoms with van der Waals surface area (Å²) in [6.45, 7) is 4.57. The summed E-state index contributed by atoms with van der Waals surface area (Å²) >= 11 is 0. The summed E-state index contributed by atoms with van der Waals surface area (Å²) in [6, 6.07) is 22.1. The maximum Gasteiger partial charge on any atom is 2.00 e. The van der Waals surface area contributed by atoms with Crippen LogP contribution in [0.3, 0.4) is 0 Å². The van der Waals surface area contributed by atoms with Crippen molar-refractivity contribution in [3.05, 3.63) is 71.8 Å². The van der Waals surface area contributed by atoms with Gasteiger partial charge in [0.05, 0.1) is 0 Å². The predicted octanol–water partition coefficient (Wildman–Crippen LogP) is 12.4. The fourth-order valence-electron chi connectivity index (χ4n) is 7.46. The summed E-state index contributed by atoms with van der Waals surface area (Å²) in [6.07, 6.45) is 35.6. The fraction of sp³-hybridized carbons (Fsp3) is 0.708. The molecule has 0 saturated heterocycles. The number of carbonyl (C=O) groups is 2. The van der Waals surface area contributed by atoms with E-state index in [1.165, 1.54) is 165 Å². The van der Waals surface area contributed by atoms with Crippen LogP contribution in [-0.4, -0.2) is 35.0 Å². The molecule has 4 nitrogen and oxygen atoms in total.